The number of nitrogens with zero attached hydrogens (tertiary/aromatic N) is 2. The molecule has 21 heavy (non-hydrogen) atoms. The molecule has 0 saturated carbocycles. The van der Waals surface area contributed by atoms with Gasteiger partial charge in [0.2, 0.25) is 17.0 Å². The lowest BCUT2D eigenvalue weighted by Crippen LogP contribution is -2.33. The first kappa shape index (κ1) is 15.3. The van der Waals surface area contributed by atoms with Crippen LogP contribution in [-0.4, -0.2) is 26.3 Å². The Morgan fingerprint density at radius 2 is 2.05 bits per heavy atom. The number of hydrogen-bond donors (Lipinski definition) is 3. The molecule has 0 bridgehead atoms. The number of nitrogen functional groups attached to an aromatic ring is 1. The number of carbonyl (C=O) groups is 1. The predicted octanol–water partition coefficient (Wildman–Crippen LogP) is 1.88. The van der Waals surface area contributed by atoms with E-state index in [4.69, 9.17) is 5.73 Å². The fourth-order valence-corrected chi connectivity index (χ4v) is 2.43. The van der Waals surface area contributed by atoms with Crippen molar-refractivity contribution in [2.75, 3.05) is 5.73 Å². The standard InChI is InChI=1S/C13H16FN5OS/c1-7(9-3-5-10(14)6-4-9)16-11(20)8(2)21-13-17-12(15)18-19-13/h3-8H,1-2H3,(H,16,20)(H3,15,17,18,19)/t7-,8-/m1/s1. The van der Waals surface area contributed by atoms with Gasteiger partial charge in [-0.25, -0.2) is 9.49 Å². The summed E-state index contributed by atoms with van der Waals surface area (Å²) in [6.45, 7) is 3.59. The van der Waals surface area contributed by atoms with E-state index in [2.05, 4.69) is 20.5 Å². The number of hydrogen-bond acceptors (Lipinski definition) is 5. The second-order valence-electron chi connectivity index (χ2n) is 4.55. The smallest absolute Gasteiger partial charge is 0.233 e. The van der Waals surface area contributed by atoms with E-state index in [-0.39, 0.29) is 29.0 Å². The van der Waals surface area contributed by atoms with Crippen molar-refractivity contribution < 1.29 is 9.18 Å². The number of H-pyrrole nitrogens is 1. The van der Waals surface area contributed by atoms with Crippen molar-refractivity contribution in [3.63, 3.8) is 0 Å². The summed E-state index contributed by atoms with van der Waals surface area (Å²) in [7, 11) is 0. The summed E-state index contributed by atoms with van der Waals surface area (Å²) in [5, 5.41) is 9.29. The minimum atomic E-state index is -0.372. The van der Waals surface area contributed by atoms with Crippen molar-refractivity contribution in [3.8, 4) is 0 Å². The third-order valence-corrected chi connectivity index (χ3v) is 3.82. The van der Waals surface area contributed by atoms with E-state index in [9.17, 15) is 9.18 Å². The summed E-state index contributed by atoms with van der Waals surface area (Å²) in [5.41, 5.74) is 6.26. The first-order chi connectivity index (χ1) is 9.95. The normalized spacial score (nSPS) is 13.7. The van der Waals surface area contributed by atoms with Crippen molar-refractivity contribution in [3.05, 3.63) is 35.6 Å². The fraction of sp³-hybridized carbons (Fsp3) is 0.308. The van der Waals surface area contributed by atoms with E-state index in [1.807, 2.05) is 6.92 Å². The molecule has 0 spiro atoms. The molecule has 2 aromatic rings. The van der Waals surface area contributed by atoms with Crippen molar-refractivity contribution in [1.29, 1.82) is 0 Å². The van der Waals surface area contributed by atoms with Gasteiger partial charge >= 0.3 is 0 Å². The van der Waals surface area contributed by atoms with Crippen molar-refractivity contribution >= 4 is 23.6 Å². The van der Waals surface area contributed by atoms with Gasteiger partial charge in [0.25, 0.3) is 0 Å². The van der Waals surface area contributed by atoms with Crippen LogP contribution in [-0.2, 0) is 4.79 Å². The molecule has 4 N–H and O–H groups in total. The molecule has 6 nitrogen and oxygen atoms in total. The monoisotopic (exact) mass is 309 g/mol. The van der Waals surface area contributed by atoms with Crippen molar-refractivity contribution in [1.82, 2.24) is 20.5 Å². The lowest BCUT2D eigenvalue weighted by Gasteiger charge is -2.17. The highest BCUT2D eigenvalue weighted by Crippen LogP contribution is 2.21. The maximum atomic E-state index is 12.9. The summed E-state index contributed by atoms with van der Waals surface area (Å²) in [6, 6.07) is 5.82. The van der Waals surface area contributed by atoms with Gasteiger partial charge in [0.1, 0.15) is 5.82 Å². The van der Waals surface area contributed by atoms with Gasteiger partial charge in [0.15, 0.2) is 0 Å². The fourth-order valence-electron chi connectivity index (χ4n) is 1.69. The zero-order valence-corrected chi connectivity index (χ0v) is 12.4. The zero-order valence-electron chi connectivity index (χ0n) is 11.6. The Balaban J connectivity index is 1.92. The van der Waals surface area contributed by atoms with Crippen LogP contribution in [0.4, 0.5) is 10.3 Å². The molecular weight excluding hydrogens is 293 g/mol. The lowest BCUT2D eigenvalue weighted by molar-refractivity contribution is -0.120. The number of carbonyl (C=O) groups excluding carboxylic acids is 1. The highest BCUT2D eigenvalue weighted by molar-refractivity contribution is 8.00. The van der Waals surface area contributed by atoms with Crippen LogP contribution in [0.25, 0.3) is 0 Å². The molecule has 0 aliphatic heterocycles. The lowest BCUT2D eigenvalue weighted by atomic mass is 10.1. The van der Waals surface area contributed by atoms with Crippen molar-refractivity contribution in [2.45, 2.75) is 30.3 Å². The van der Waals surface area contributed by atoms with Crippen LogP contribution in [0.2, 0.25) is 0 Å². The Kier molecular flexibility index (Phi) is 4.79. The summed E-state index contributed by atoms with van der Waals surface area (Å²) in [5.74, 6) is -0.242. The maximum Gasteiger partial charge on any atom is 0.233 e. The first-order valence-corrected chi connectivity index (χ1v) is 7.24. The molecule has 2 atom stereocenters. The minimum absolute atomic E-state index is 0.153. The average Bonchev–Trinajstić information content (AvgIpc) is 2.84. The number of thioether (sulfide) groups is 1. The Hall–Kier alpha value is -2.09. The first-order valence-electron chi connectivity index (χ1n) is 6.36. The van der Waals surface area contributed by atoms with E-state index < -0.39 is 0 Å². The maximum absolute atomic E-state index is 12.9. The molecule has 8 heteroatoms. The van der Waals surface area contributed by atoms with Crippen molar-refractivity contribution in [2.24, 2.45) is 0 Å². The molecule has 1 aromatic carbocycles. The highest BCUT2D eigenvalue weighted by Gasteiger charge is 2.19. The van der Waals surface area contributed by atoms with E-state index in [0.717, 1.165) is 5.56 Å². The molecule has 0 fully saturated rings. The van der Waals surface area contributed by atoms with Gasteiger partial charge in [-0.2, -0.15) is 4.98 Å². The topological polar surface area (TPSA) is 96.7 Å². The van der Waals surface area contributed by atoms with Crippen LogP contribution >= 0.6 is 11.8 Å². The Bertz CT molecular complexity index is 615. The molecule has 2 rings (SSSR count). The second kappa shape index (κ2) is 6.57. The summed E-state index contributed by atoms with van der Waals surface area (Å²) >= 11 is 1.21. The van der Waals surface area contributed by atoms with Gasteiger partial charge in [-0.3, -0.25) is 4.79 Å². The molecule has 0 radical (unpaired) electrons. The number of aromatic amines is 1. The molecular formula is C13H16FN5OS. The molecule has 1 aromatic heterocycles. The average molecular weight is 309 g/mol. The van der Waals surface area contributed by atoms with Crippen LogP contribution in [0.1, 0.15) is 25.5 Å². The highest BCUT2D eigenvalue weighted by atomic mass is 32.2. The Morgan fingerprint density at radius 3 is 2.62 bits per heavy atom. The van der Waals surface area contributed by atoms with Crippen LogP contribution in [0.15, 0.2) is 29.4 Å². The van der Waals surface area contributed by atoms with Gasteiger partial charge in [-0.1, -0.05) is 23.9 Å². The van der Waals surface area contributed by atoms with Crippen LogP contribution in [0.5, 0.6) is 0 Å². The van der Waals surface area contributed by atoms with Gasteiger partial charge < -0.3 is 11.1 Å². The number of anilines is 1. The molecule has 1 heterocycles. The van der Waals surface area contributed by atoms with Gasteiger partial charge in [0, 0.05) is 0 Å². The molecule has 0 aliphatic carbocycles. The van der Waals surface area contributed by atoms with E-state index in [1.54, 1.807) is 19.1 Å². The molecule has 1 amide bonds. The van der Waals surface area contributed by atoms with E-state index in [1.165, 1.54) is 23.9 Å². The minimum Gasteiger partial charge on any atom is -0.368 e. The van der Waals surface area contributed by atoms with E-state index >= 15 is 0 Å². The largest absolute Gasteiger partial charge is 0.368 e. The molecule has 0 aliphatic rings. The molecule has 0 unspecified atom stereocenters. The summed E-state index contributed by atoms with van der Waals surface area (Å²) in [4.78, 5) is 16.0. The van der Waals surface area contributed by atoms with Gasteiger partial charge in [-0.15, -0.1) is 5.10 Å². The third kappa shape index (κ3) is 4.19. The van der Waals surface area contributed by atoms with Gasteiger partial charge in [0.05, 0.1) is 11.3 Å². The Morgan fingerprint density at radius 1 is 1.38 bits per heavy atom. The van der Waals surface area contributed by atoms with Gasteiger partial charge in [-0.05, 0) is 31.5 Å². The number of aromatic nitrogens is 3. The number of nitrogens with two attached hydrogens (primary N) is 1. The third-order valence-electron chi connectivity index (χ3n) is 2.86. The number of nitrogens with one attached hydrogen (secondary N) is 2. The van der Waals surface area contributed by atoms with E-state index in [0.29, 0.717) is 5.16 Å². The molecule has 0 saturated heterocycles. The predicted molar refractivity (Wildman–Crippen MR) is 79.1 cm³/mol. The van der Waals surface area contributed by atoms with Crippen LogP contribution < -0.4 is 11.1 Å². The zero-order chi connectivity index (χ0) is 15.4. The SMILES string of the molecule is C[C@@H](Sc1n[nH]c(N)n1)C(=O)N[C@H](C)c1ccc(F)cc1. The number of rotatable bonds is 5. The number of benzene rings is 1. The second-order valence-corrected chi connectivity index (χ2v) is 5.85. The van der Waals surface area contributed by atoms with Crippen LogP contribution in [0, 0.1) is 5.82 Å². The Labute approximate surface area is 125 Å². The quantitative estimate of drug-likeness (QED) is 0.733. The van der Waals surface area contributed by atoms with Crippen LogP contribution in [0.3, 0.4) is 0 Å². The molecule has 112 valence electrons. The number of halogens is 1. The summed E-state index contributed by atoms with van der Waals surface area (Å²) < 4.78 is 12.9. The summed E-state index contributed by atoms with van der Waals surface area (Å²) in [6.07, 6.45) is 0. The number of amides is 1.